The van der Waals surface area contributed by atoms with Crippen LogP contribution in [0.3, 0.4) is 0 Å². The molecule has 1 unspecified atom stereocenters. The third kappa shape index (κ3) is 3.20. The predicted molar refractivity (Wildman–Crippen MR) is 88.9 cm³/mol. The largest absolute Gasteiger partial charge is 0.316 e. The number of nitrogens with one attached hydrogen (secondary N) is 1. The van der Waals surface area contributed by atoms with Gasteiger partial charge in [0, 0.05) is 6.42 Å². The minimum absolute atomic E-state index is 0.0359. The number of halogens is 2. The molecule has 0 aromatic heterocycles. The Morgan fingerprint density at radius 3 is 2.62 bits per heavy atom. The van der Waals surface area contributed by atoms with E-state index in [0.29, 0.717) is 23.6 Å². The van der Waals surface area contributed by atoms with Gasteiger partial charge in [-0.15, -0.1) is 0 Å². The molecule has 1 saturated carbocycles. The minimum Gasteiger partial charge on any atom is -0.316 e. The zero-order chi connectivity index (χ0) is 17.3. The number of hydrogen-bond acceptors (Lipinski definition) is 2. The van der Waals surface area contributed by atoms with Crippen LogP contribution in [0.5, 0.6) is 0 Å². The summed E-state index contributed by atoms with van der Waals surface area (Å²) in [5, 5.41) is 0.372. The fraction of sp³-hybridized carbons (Fsp3) is 0.556. The van der Waals surface area contributed by atoms with E-state index in [0.717, 1.165) is 37.0 Å². The molecular formula is C18H23ClFN2O2+. The van der Waals surface area contributed by atoms with Crippen LogP contribution in [0.25, 0.3) is 0 Å². The van der Waals surface area contributed by atoms with E-state index in [2.05, 4.69) is 0 Å². The van der Waals surface area contributed by atoms with Crippen LogP contribution in [0.15, 0.2) is 18.2 Å². The second-order valence-electron chi connectivity index (χ2n) is 7.14. The van der Waals surface area contributed by atoms with Crippen molar-refractivity contribution in [3.8, 4) is 0 Å². The Kier molecular flexibility index (Phi) is 4.92. The van der Waals surface area contributed by atoms with Crippen molar-refractivity contribution < 1.29 is 18.9 Å². The van der Waals surface area contributed by atoms with E-state index in [1.807, 2.05) is 7.05 Å². The number of carbonyl (C=O) groups excluding carboxylic acids is 2. The standard InChI is InChI=1S/C18H22ClFN2O2/c1-21(11-13-14(19)6-5-7-15(13)20)12-22-16(23)10-18(17(22)24)8-3-2-4-9-18/h5-7H,2-4,8-12H2,1H3/p+1. The van der Waals surface area contributed by atoms with Crippen molar-refractivity contribution in [2.75, 3.05) is 13.7 Å². The SMILES string of the molecule is C[NH+](Cc1c(F)cccc1Cl)CN1C(=O)CC2(CCCCC2)C1=O. The molecule has 2 aliphatic rings. The van der Waals surface area contributed by atoms with Crippen molar-refractivity contribution in [2.24, 2.45) is 5.41 Å². The van der Waals surface area contributed by atoms with Crippen molar-refractivity contribution in [3.05, 3.63) is 34.6 Å². The van der Waals surface area contributed by atoms with Crippen LogP contribution in [0.1, 0.15) is 44.1 Å². The summed E-state index contributed by atoms with van der Waals surface area (Å²) in [6, 6.07) is 4.59. The molecule has 130 valence electrons. The molecule has 4 nitrogen and oxygen atoms in total. The molecule has 24 heavy (non-hydrogen) atoms. The van der Waals surface area contributed by atoms with Gasteiger partial charge in [-0.25, -0.2) is 9.29 Å². The first-order valence-corrected chi connectivity index (χ1v) is 8.90. The number of quaternary nitrogens is 1. The first-order chi connectivity index (χ1) is 11.4. The number of imide groups is 1. The van der Waals surface area contributed by atoms with Gasteiger partial charge in [0.15, 0.2) is 6.67 Å². The Hall–Kier alpha value is -1.46. The predicted octanol–water partition coefficient (Wildman–Crippen LogP) is 2.16. The summed E-state index contributed by atoms with van der Waals surface area (Å²) < 4.78 is 13.9. The first-order valence-electron chi connectivity index (χ1n) is 8.52. The monoisotopic (exact) mass is 353 g/mol. The summed E-state index contributed by atoms with van der Waals surface area (Å²) in [5.41, 5.74) is -0.0474. The van der Waals surface area contributed by atoms with Gasteiger partial charge in [0.05, 0.1) is 23.0 Å². The second-order valence-corrected chi connectivity index (χ2v) is 7.54. The van der Waals surface area contributed by atoms with E-state index < -0.39 is 5.41 Å². The van der Waals surface area contributed by atoms with E-state index in [-0.39, 0.29) is 24.3 Å². The maximum absolute atomic E-state index is 13.9. The Labute approximate surface area is 146 Å². The third-order valence-corrected chi connectivity index (χ3v) is 5.62. The number of nitrogens with zero attached hydrogens (tertiary/aromatic N) is 1. The zero-order valence-corrected chi connectivity index (χ0v) is 14.7. The highest BCUT2D eigenvalue weighted by Crippen LogP contribution is 2.44. The minimum atomic E-state index is -0.467. The third-order valence-electron chi connectivity index (χ3n) is 5.27. The maximum atomic E-state index is 13.9. The van der Waals surface area contributed by atoms with Crippen molar-refractivity contribution >= 4 is 23.4 Å². The molecule has 1 aromatic rings. The number of likely N-dealkylation sites (tertiary alicyclic amines) is 1. The van der Waals surface area contributed by atoms with Gasteiger partial charge in [0.1, 0.15) is 12.4 Å². The van der Waals surface area contributed by atoms with Crippen LogP contribution in [0.2, 0.25) is 5.02 Å². The molecule has 1 spiro atoms. The topological polar surface area (TPSA) is 41.8 Å². The van der Waals surface area contributed by atoms with Crippen LogP contribution in [-0.2, 0) is 16.1 Å². The van der Waals surface area contributed by atoms with Gasteiger partial charge in [0.25, 0.3) is 0 Å². The lowest BCUT2D eigenvalue weighted by Gasteiger charge is -2.30. The van der Waals surface area contributed by atoms with Crippen LogP contribution < -0.4 is 4.90 Å². The molecule has 1 aliphatic heterocycles. The number of benzene rings is 1. The van der Waals surface area contributed by atoms with Crippen LogP contribution in [-0.4, -0.2) is 30.4 Å². The number of hydrogen-bond donors (Lipinski definition) is 1. The summed E-state index contributed by atoms with van der Waals surface area (Å²) >= 11 is 6.06. The molecule has 1 heterocycles. The van der Waals surface area contributed by atoms with Crippen molar-refractivity contribution in [1.82, 2.24) is 4.90 Å². The molecule has 0 bridgehead atoms. The Morgan fingerprint density at radius 1 is 1.25 bits per heavy atom. The zero-order valence-electron chi connectivity index (χ0n) is 13.9. The molecule has 1 aliphatic carbocycles. The summed E-state index contributed by atoms with van der Waals surface area (Å²) in [6.07, 6.45) is 5.12. The molecule has 1 saturated heterocycles. The second kappa shape index (κ2) is 6.81. The lowest BCUT2D eigenvalue weighted by atomic mass is 9.73. The van der Waals surface area contributed by atoms with E-state index >= 15 is 0 Å². The van der Waals surface area contributed by atoms with Gasteiger partial charge >= 0.3 is 0 Å². The van der Waals surface area contributed by atoms with Gasteiger partial charge < -0.3 is 4.90 Å². The molecule has 2 fully saturated rings. The van der Waals surface area contributed by atoms with Crippen molar-refractivity contribution in [1.29, 1.82) is 0 Å². The molecule has 3 rings (SSSR count). The fourth-order valence-electron chi connectivity index (χ4n) is 3.97. The summed E-state index contributed by atoms with van der Waals surface area (Å²) in [5.74, 6) is -0.489. The molecule has 0 radical (unpaired) electrons. The quantitative estimate of drug-likeness (QED) is 0.843. The van der Waals surface area contributed by atoms with Crippen LogP contribution in [0.4, 0.5) is 4.39 Å². The van der Waals surface area contributed by atoms with Gasteiger partial charge in [-0.2, -0.15) is 0 Å². The Balaban J connectivity index is 1.69. The normalized spacial score (nSPS) is 21.5. The fourth-order valence-corrected chi connectivity index (χ4v) is 4.20. The van der Waals surface area contributed by atoms with Gasteiger partial charge in [-0.1, -0.05) is 36.9 Å². The van der Waals surface area contributed by atoms with Gasteiger partial charge in [0.2, 0.25) is 11.8 Å². The summed E-state index contributed by atoms with van der Waals surface area (Å²) in [6.45, 7) is 0.583. The molecule has 1 atom stereocenters. The summed E-state index contributed by atoms with van der Waals surface area (Å²) in [4.78, 5) is 27.4. The Bertz CT molecular complexity index is 638. The number of carbonyl (C=O) groups is 2. The number of amides is 2. The first kappa shape index (κ1) is 17.4. The summed E-state index contributed by atoms with van der Waals surface area (Å²) in [7, 11) is 1.84. The maximum Gasteiger partial charge on any atom is 0.240 e. The lowest BCUT2D eigenvalue weighted by molar-refractivity contribution is -0.901. The van der Waals surface area contributed by atoms with E-state index in [4.69, 9.17) is 11.6 Å². The average Bonchev–Trinajstić information content (AvgIpc) is 2.76. The van der Waals surface area contributed by atoms with E-state index in [1.54, 1.807) is 12.1 Å². The van der Waals surface area contributed by atoms with Crippen molar-refractivity contribution in [2.45, 2.75) is 45.1 Å². The van der Waals surface area contributed by atoms with Gasteiger partial charge in [-0.05, 0) is 25.0 Å². The van der Waals surface area contributed by atoms with Crippen molar-refractivity contribution in [3.63, 3.8) is 0 Å². The molecule has 6 heteroatoms. The molecular weight excluding hydrogens is 331 g/mol. The lowest BCUT2D eigenvalue weighted by Crippen LogP contribution is -3.09. The van der Waals surface area contributed by atoms with Crippen LogP contribution in [0, 0.1) is 11.2 Å². The van der Waals surface area contributed by atoms with E-state index in [9.17, 15) is 14.0 Å². The molecule has 2 amide bonds. The highest BCUT2D eigenvalue weighted by atomic mass is 35.5. The average molecular weight is 354 g/mol. The van der Waals surface area contributed by atoms with E-state index in [1.165, 1.54) is 11.0 Å². The molecule has 1 N–H and O–H groups in total. The molecule has 1 aromatic carbocycles. The van der Waals surface area contributed by atoms with Gasteiger partial charge in [-0.3, -0.25) is 9.59 Å². The highest BCUT2D eigenvalue weighted by molar-refractivity contribution is 6.31. The number of rotatable bonds is 4. The Morgan fingerprint density at radius 2 is 1.96 bits per heavy atom. The van der Waals surface area contributed by atoms with Crippen LogP contribution >= 0.6 is 11.6 Å². The smallest absolute Gasteiger partial charge is 0.240 e. The highest BCUT2D eigenvalue weighted by Gasteiger charge is 2.52.